The Morgan fingerprint density at radius 3 is 2.82 bits per heavy atom. The van der Waals surface area contributed by atoms with Crippen LogP contribution in [-0.2, 0) is 9.59 Å². The molecule has 2 rings (SSSR count). The van der Waals surface area contributed by atoms with Crippen LogP contribution < -0.4 is 0 Å². The van der Waals surface area contributed by atoms with E-state index in [0.717, 1.165) is 25.8 Å². The van der Waals surface area contributed by atoms with E-state index in [-0.39, 0.29) is 30.9 Å². The van der Waals surface area contributed by atoms with E-state index in [1.54, 1.807) is 9.80 Å². The van der Waals surface area contributed by atoms with Crippen LogP contribution in [0.4, 0.5) is 0 Å². The first-order valence-electron chi connectivity index (χ1n) is 6.37. The summed E-state index contributed by atoms with van der Waals surface area (Å²) in [6.45, 7) is 2.47. The van der Waals surface area contributed by atoms with Crippen molar-refractivity contribution in [3.63, 3.8) is 0 Å². The van der Waals surface area contributed by atoms with E-state index in [9.17, 15) is 9.59 Å². The Kier molecular flexibility index (Phi) is 3.99. The number of carbonyl (C=O) groups is 2. The second-order valence-electron chi connectivity index (χ2n) is 4.95. The number of carbonyl (C=O) groups excluding carboxylic acids is 2. The van der Waals surface area contributed by atoms with Crippen LogP contribution in [0.15, 0.2) is 0 Å². The SMILES string of the molecule is O=C1CCCN1CC(=O)N1CCCC(CO)C1. The van der Waals surface area contributed by atoms with Crippen LogP contribution in [-0.4, -0.2) is 59.5 Å². The Morgan fingerprint density at radius 1 is 1.35 bits per heavy atom. The molecule has 5 heteroatoms. The molecular weight excluding hydrogens is 220 g/mol. The largest absolute Gasteiger partial charge is 0.396 e. The van der Waals surface area contributed by atoms with E-state index in [1.165, 1.54) is 0 Å². The van der Waals surface area contributed by atoms with Crippen molar-refractivity contribution >= 4 is 11.8 Å². The highest BCUT2D eigenvalue weighted by Crippen LogP contribution is 2.17. The van der Waals surface area contributed by atoms with E-state index in [0.29, 0.717) is 19.5 Å². The van der Waals surface area contributed by atoms with Gasteiger partial charge in [-0.15, -0.1) is 0 Å². The summed E-state index contributed by atoms with van der Waals surface area (Å²) >= 11 is 0. The maximum absolute atomic E-state index is 12.0. The van der Waals surface area contributed by atoms with E-state index >= 15 is 0 Å². The highest BCUT2D eigenvalue weighted by Gasteiger charge is 2.27. The molecule has 0 bridgehead atoms. The fourth-order valence-electron chi connectivity index (χ4n) is 2.58. The number of piperidine rings is 1. The second-order valence-corrected chi connectivity index (χ2v) is 4.95. The molecule has 2 amide bonds. The van der Waals surface area contributed by atoms with Crippen LogP contribution in [0.1, 0.15) is 25.7 Å². The standard InChI is InChI=1S/C12H20N2O3/c15-9-10-3-1-5-13(7-10)12(17)8-14-6-2-4-11(14)16/h10,15H,1-9H2. The van der Waals surface area contributed by atoms with Crippen molar-refractivity contribution in [2.24, 2.45) is 5.92 Å². The number of aliphatic hydroxyl groups is 1. The Hall–Kier alpha value is -1.10. The molecule has 0 saturated carbocycles. The highest BCUT2D eigenvalue weighted by molar-refractivity contribution is 5.85. The quantitative estimate of drug-likeness (QED) is 0.745. The molecule has 2 aliphatic heterocycles. The zero-order valence-corrected chi connectivity index (χ0v) is 10.1. The normalized spacial score (nSPS) is 25.5. The summed E-state index contributed by atoms with van der Waals surface area (Å²) in [4.78, 5) is 26.9. The molecule has 1 atom stereocenters. The van der Waals surface area contributed by atoms with Crippen LogP contribution in [0.2, 0.25) is 0 Å². The van der Waals surface area contributed by atoms with E-state index < -0.39 is 0 Å². The lowest BCUT2D eigenvalue weighted by atomic mass is 9.99. The lowest BCUT2D eigenvalue weighted by Crippen LogP contribution is -2.46. The van der Waals surface area contributed by atoms with E-state index in [4.69, 9.17) is 5.11 Å². The molecule has 0 aromatic carbocycles. The van der Waals surface area contributed by atoms with Crippen molar-refractivity contribution in [1.82, 2.24) is 9.80 Å². The maximum atomic E-state index is 12.0. The average molecular weight is 240 g/mol. The van der Waals surface area contributed by atoms with Gasteiger partial charge in [0, 0.05) is 32.7 Å². The molecule has 2 saturated heterocycles. The predicted molar refractivity (Wildman–Crippen MR) is 62.2 cm³/mol. The van der Waals surface area contributed by atoms with Gasteiger partial charge in [-0.25, -0.2) is 0 Å². The van der Waals surface area contributed by atoms with Gasteiger partial charge in [0.1, 0.15) is 0 Å². The Morgan fingerprint density at radius 2 is 2.18 bits per heavy atom. The fourth-order valence-corrected chi connectivity index (χ4v) is 2.58. The zero-order valence-electron chi connectivity index (χ0n) is 10.1. The summed E-state index contributed by atoms with van der Waals surface area (Å²) in [7, 11) is 0. The number of aliphatic hydroxyl groups excluding tert-OH is 1. The minimum absolute atomic E-state index is 0.0263. The molecule has 1 N–H and O–H groups in total. The van der Waals surface area contributed by atoms with Crippen LogP contribution in [0, 0.1) is 5.92 Å². The molecule has 96 valence electrons. The second kappa shape index (κ2) is 5.49. The molecule has 0 aromatic rings. The van der Waals surface area contributed by atoms with E-state index in [1.807, 2.05) is 0 Å². The molecular formula is C12H20N2O3. The highest BCUT2D eigenvalue weighted by atomic mass is 16.3. The van der Waals surface area contributed by atoms with E-state index in [2.05, 4.69) is 0 Å². The zero-order chi connectivity index (χ0) is 12.3. The lowest BCUT2D eigenvalue weighted by molar-refractivity contribution is -0.139. The molecule has 2 aliphatic rings. The monoisotopic (exact) mass is 240 g/mol. The average Bonchev–Trinajstić information content (AvgIpc) is 2.75. The van der Waals surface area contributed by atoms with Crippen molar-refractivity contribution in [3.05, 3.63) is 0 Å². The van der Waals surface area contributed by atoms with Crippen molar-refractivity contribution in [2.45, 2.75) is 25.7 Å². The van der Waals surface area contributed by atoms with Gasteiger partial charge in [-0.2, -0.15) is 0 Å². The van der Waals surface area contributed by atoms with Gasteiger partial charge >= 0.3 is 0 Å². The summed E-state index contributed by atoms with van der Waals surface area (Å²) in [6.07, 6.45) is 3.38. The van der Waals surface area contributed by atoms with Gasteiger partial charge in [0.15, 0.2) is 0 Å². The number of likely N-dealkylation sites (tertiary alicyclic amines) is 2. The van der Waals surface area contributed by atoms with Crippen LogP contribution in [0.25, 0.3) is 0 Å². The fraction of sp³-hybridized carbons (Fsp3) is 0.833. The van der Waals surface area contributed by atoms with Gasteiger partial charge in [-0.05, 0) is 25.2 Å². The number of amides is 2. The van der Waals surface area contributed by atoms with Crippen LogP contribution in [0.5, 0.6) is 0 Å². The molecule has 17 heavy (non-hydrogen) atoms. The van der Waals surface area contributed by atoms with Crippen molar-refractivity contribution in [3.8, 4) is 0 Å². The molecule has 1 unspecified atom stereocenters. The van der Waals surface area contributed by atoms with Gasteiger partial charge in [0.2, 0.25) is 11.8 Å². The van der Waals surface area contributed by atoms with Crippen molar-refractivity contribution in [2.75, 3.05) is 32.8 Å². The Balaban J connectivity index is 1.84. The first-order chi connectivity index (χ1) is 8.20. The predicted octanol–water partition coefficient (Wildman–Crippen LogP) is -0.160. The minimum atomic E-state index is 0.0263. The van der Waals surface area contributed by atoms with Crippen LogP contribution >= 0.6 is 0 Å². The summed E-state index contributed by atoms with van der Waals surface area (Å²) in [5.74, 6) is 0.328. The third-order valence-electron chi connectivity index (χ3n) is 3.63. The number of hydrogen-bond acceptors (Lipinski definition) is 3. The summed E-state index contributed by atoms with van der Waals surface area (Å²) in [6, 6.07) is 0. The van der Waals surface area contributed by atoms with Gasteiger partial charge in [-0.1, -0.05) is 0 Å². The molecule has 5 nitrogen and oxygen atoms in total. The Labute approximate surface area is 101 Å². The number of hydrogen-bond donors (Lipinski definition) is 1. The molecule has 0 aliphatic carbocycles. The summed E-state index contributed by atoms with van der Waals surface area (Å²) in [5.41, 5.74) is 0. The van der Waals surface area contributed by atoms with Crippen LogP contribution in [0.3, 0.4) is 0 Å². The third kappa shape index (κ3) is 2.97. The molecule has 2 fully saturated rings. The molecule has 0 aromatic heterocycles. The summed E-state index contributed by atoms with van der Waals surface area (Å²) in [5, 5.41) is 9.11. The van der Waals surface area contributed by atoms with Gasteiger partial charge in [-0.3, -0.25) is 9.59 Å². The lowest BCUT2D eigenvalue weighted by Gasteiger charge is -2.33. The maximum Gasteiger partial charge on any atom is 0.242 e. The third-order valence-corrected chi connectivity index (χ3v) is 3.63. The van der Waals surface area contributed by atoms with Gasteiger partial charge < -0.3 is 14.9 Å². The van der Waals surface area contributed by atoms with Gasteiger partial charge in [0.05, 0.1) is 6.54 Å². The smallest absolute Gasteiger partial charge is 0.242 e. The minimum Gasteiger partial charge on any atom is -0.396 e. The van der Waals surface area contributed by atoms with Gasteiger partial charge in [0.25, 0.3) is 0 Å². The van der Waals surface area contributed by atoms with Crippen molar-refractivity contribution in [1.29, 1.82) is 0 Å². The first kappa shape index (κ1) is 12.4. The molecule has 2 heterocycles. The first-order valence-corrected chi connectivity index (χ1v) is 6.37. The number of rotatable bonds is 3. The van der Waals surface area contributed by atoms with Crippen molar-refractivity contribution < 1.29 is 14.7 Å². The molecule has 0 radical (unpaired) electrons. The Bertz CT molecular complexity index is 306. The molecule has 0 spiro atoms. The topological polar surface area (TPSA) is 60.9 Å². The summed E-state index contributed by atoms with van der Waals surface area (Å²) < 4.78 is 0. The number of nitrogens with zero attached hydrogens (tertiary/aromatic N) is 2.